The maximum absolute atomic E-state index is 8.68. The first-order valence-corrected chi connectivity index (χ1v) is 5.38. The van der Waals surface area contributed by atoms with E-state index in [4.69, 9.17) is 5.11 Å². The Labute approximate surface area is 81.1 Å². The monoisotopic (exact) mass is 186 g/mol. The van der Waals surface area contributed by atoms with Crippen molar-refractivity contribution in [2.75, 3.05) is 33.3 Å². The Bertz CT molecular complexity index is 130. The maximum Gasteiger partial charge on any atom is 0.0431 e. The lowest BCUT2D eigenvalue weighted by molar-refractivity contribution is 0.227. The van der Waals surface area contributed by atoms with Gasteiger partial charge in [0.25, 0.3) is 0 Å². The predicted molar refractivity (Wildman–Crippen MR) is 54.8 cm³/mol. The van der Waals surface area contributed by atoms with E-state index < -0.39 is 0 Å². The van der Waals surface area contributed by atoms with Crippen molar-refractivity contribution >= 4 is 0 Å². The summed E-state index contributed by atoms with van der Waals surface area (Å²) in [6, 6.07) is 0.740. The van der Waals surface area contributed by atoms with Crippen LogP contribution in [0.5, 0.6) is 0 Å². The van der Waals surface area contributed by atoms with Gasteiger partial charge < -0.3 is 10.4 Å². The third-order valence-electron chi connectivity index (χ3n) is 2.79. The van der Waals surface area contributed by atoms with Gasteiger partial charge in [-0.2, -0.15) is 0 Å². The number of nitrogens with zero attached hydrogens (tertiary/aromatic N) is 1. The fourth-order valence-electron chi connectivity index (χ4n) is 2.08. The Kier molecular flexibility index (Phi) is 5.35. The number of hydrogen-bond donors (Lipinski definition) is 2. The average molecular weight is 186 g/mol. The van der Waals surface area contributed by atoms with Gasteiger partial charge in [0.05, 0.1) is 0 Å². The molecule has 1 atom stereocenters. The summed E-state index contributed by atoms with van der Waals surface area (Å²) in [6.45, 7) is 3.86. The standard InChI is InChI=1S/C10H22N2O/c1-11-9-10-5-4-7-12(10)6-2-3-8-13/h10-11,13H,2-9H2,1H3. The molecule has 3 heteroatoms. The molecular weight excluding hydrogens is 164 g/mol. The molecule has 0 spiro atoms. The van der Waals surface area contributed by atoms with Crippen molar-refractivity contribution < 1.29 is 5.11 Å². The molecule has 0 aliphatic carbocycles. The molecule has 0 radical (unpaired) electrons. The smallest absolute Gasteiger partial charge is 0.0431 e. The molecule has 1 aliphatic heterocycles. The summed E-state index contributed by atoms with van der Waals surface area (Å²) in [5, 5.41) is 11.9. The number of nitrogens with one attached hydrogen (secondary N) is 1. The Hall–Kier alpha value is -0.120. The van der Waals surface area contributed by atoms with E-state index in [9.17, 15) is 0 Å². The third-order valence-corrected chi connectivity index (χ3v) is 2.79. The minimum atomic E-state index is 0.338. The van der Waals surface area contributed by atoms with Crippen LogP contribution >= 0.6 is 0 Å². The lowest BCUT2D eigenvalue weighted by atomic mass is 10.2. The first kappa shape index (κ1) is 11.0. The van der Waals surface area contributed by atoms with Crippen molar-refractivity contribution in [3.8, 4) is 0 Å². The van der Waals surface area contributed by atoms with Crippen LogP contribution in [0.3, 0.4) is 0 Å². The average Bonchev–Trinajstić information content (AvgIpc) is 2.54. The largest absolute Gasteiger partial charge is 0.396 e. The summed E-state index contributed by atoms with van der Waals surface area (Å²) in [5.41, 5.74) is 0. The molecule has 1 aliphatic rings. The Morgan fingerprint density at radius 3 is 3.00 bits per heavy atom. The molecule has 13 heavy (non-hydrogen) atoms. The summed E-state index contributed by atoms with van der Waals surface area (Å²) >= 11 is 0. The first-order chi connectivity index (χ1) is 6.38. The van der Waals surface area contributed by atoms with E-state index >= 15 is 0 Å². The second kappa shape index (κ2) is 6.35. The summed E-state index contributed by atoms with van der Waals surface area (Å²) in [6.07, 6.45) is 4.75. The van der Waals surface area contributed by atoms with Crippen LogP contribution in [0.25, 0.3) is 0 Å². The van der Waals surface area contributed by atoms with Gasteiger partial charge in [-0.15, -0.1) is 0 Å². The molecule has 2 N–H and O–H groups in total. The zero-order valence-electron chi connectivity index (χ0n) is 8.63. The molecule has 0 aromatic carbocycles. The summed E-state index contributed by atoms with van der Waals surface area (Å²) in [5.74, 6) is 0. The van der Waals surface area contributed by atoms with Crippen LogP contribution in [0, 0.1) is 0 Å². The molecule has 0 saturated carbocycles. The van der Waals surface area contributed by atoms with E-state index in [-0.39, 0.29) is 0 Å². The minimum absolute atomic E-state index is 0.338. The van der Waals surface area contributed by atoms with Crippen LogP contribution in [-0.4, -0.2) is 49.3 Å². The molecule has 1 heterocycles. The number of unbranched alkanes of at least 4 members (excludes halogenated alkanes) is 1. The molecule has 1 saturated heterocycles. The molecule has 0 bridgehead atoms. The first-order valence-electron chi connectivity index (χ1n) is 5.38. The van der Waals surface area contributed by atoms with E-state index in [1.807, 2.05) is 7.05 Å². The van der Waals surface area contributed by atoms with Crippen molar-refractivity contribution in [2.45, 2.75) is 31.7 Å². The predicted octanol–water partition coefficient (Wildman–Crippen LogP) is 0.443. The number of aliphatic hydroxyl groups excluding tert-OH is 1. The summed E-state index contributed by atoms with van der Waals surface area (Å²) in [4.78, 5) is 2.55. The van der Waals surface area contributed by atoms with Gasteiger partial charge in [-0.05, 0) is 45.8 Å². The zero-order valence-corrected chi connectivity index (χ0v) is 8.63. The van der Waals surface area contributed by atoms with Crippen LogP contribution in [0.2, 0.25) is 0 Å². The third kappa shape index (κ3) is 3.63. The van der Waals surface area contributed by atoms with E-state index in [1.165, 1.54) is 19.4 Å². The molecule has 0 aromatic rings. The second-order valence-electron chi connectivity index (χ2n) is 3.82. The lowest BCUT2D eigenvalue weighted by Crippen LogP contribution is -2.37. The van der Waals surface area contributed by atoms with Crippen molar-refractivity contribution in [1.82, 2.24) is 10.2 Å². The topological polar surface area (TPSA) is 35.5 Å². The Balaban J connectivity index is 2.15. The van der Waals surface area contributed by atoms with Crippen LogP contribution in [0.1, 0.15) is 25.7 Å². The molecule has 78 valence electrons. The van der Waals surface area contributed by atoms with Crippen LogP contribution < -0.4 is 5.32 Å². The van der Waals surface area contributed by atoms with Gasteiger partial charge >= 0.3 is 0 Å². The van der Waals surface area contributed by atoms with Gasteiger partial charge in [-0.1, -0.05) is 0 Å². The van der Waals surface area contributed by atoms with Gasteiger partial charge in [0, 0.05) is 19.2 Å². The van der Waals surface area contributed by atoms with Gasteiger partial charge in [0.2, 0.25) is 0 Å². The quantitative estimate of drug-likeness (QED) is 0.591. The van der Waals surface area contributed by atoms with Crippen LogP contribution in [0.4, 0.5) is 0 Å². The van der Waals surface area contributed by atoms with E-state index in [0.717, 1.165) is 32.0 Å². The molecular formula is C10H22N2O. The van der Waals surface area contributed by atoms with Crippen LogP contribution in [0.15, 0.2) is 0 Å². The molecule has 1 unspecified atom stereocenters. The second-order valence-corrected chi connectivity index (χ2v) is 3.82. The number of rotatable bonds is 6. The van der Waals surface area contributed by atoms with Crippen LogP contribution in [-0.2, 0) is 0 Å². The van der Waals surface area contributed by atoms with Crippen molar-refractivity contribution in [3.63, 3.8) is 0 Å². The number of likely N-dealkylation sites (N-methyl/N-ethyl adjacent to an activating group) is 1. The van der Waals surface area contributed by atoms with E-state index in [2.05, 4.69) is 10.2 Å². The molecule has 3 nitrogen and oxygen atoms in total. The summed E-state index contributed by atoms with van der Waals surface area (Å²) < 4.78 is 0. The minimum Gasteiger partial charge on any atom is -0.396 e. The molecule has 0 aromatic heterocycles. The molecule has 1 rings (SSSR count). The molecule has 1 fully saturated rings. The zero-order chi connectivity index (χ0) is 9.52. The van der Waals surface area contributed by atoms with Gasteiger partial charge in [-0.25, -0.2) is 0 Å². The van der Waals surface area contributed by atoms with Gasteiger partial charge in [0.1, 0.15) is 0 Å². The Morgan fingerprint density at radius 1 is 1.46 bits per heavy atom. The molecule has 0 amide bonds. The van der Waals surface area contributed by atoms with Gasteiger partial charge in [0.15, 0.2) is 0 Å². The highest BCUT2D eigenvalue weighted by molar-refractivity contribution is 4.80. The van der Waals surface area contributed by atoms with Crippen molar-refractivity contribution in [2.24, 2.45) is 0 Å². The number of hydrogen-bond acceptors (Lipinski definition) is 3. The normalized spacial score (nSPS) is 24.0. The van der Waals surface area contributed by atoms with Crippen molar-refractivity contribution in [3.05, 3.63) is 0 Å². The number of aliphatic hydroxyl groups is 1. The fraction of sp³-hybridized carbons (Fsp3) is 1.00. The lowest BCUT2D eigenvalue weighted by Gasteiger charge is -2.23. The van der Waals surface area contributed by atoms with Gasteiger partial charge in [-0.3, -0.25) is 4.90 Å². The SMILES string of the molecule is CNCC1CCCN1CCCCO. The maximum atomic E-state index is 8.68. The number of likely N-dealkylation sites (tertiary alicyclic amines) is 1. The van der Waals surface area contributed by atoms with E-state index in [0.29, 0.717) is 6.61 Å². The highest BCUT2D eigenvalue weighted by Crippen LogP contribution is 2.16. The summed E-state index contributed by atoms with van der Waals surface area (Å²) in [7, 11) is 2.02. The fourth-order valence-corrected chi connectivity index (χ4v) is 2.08. The Morgan fingerprint density at radius 2 is 2.31 bits per heavy atom. The highest BCUT2D eigenvalue weighted by Gasteiger charge is 2.22. The van der Waals surface area contributed by atoms with E-state index in [1.54, 1.807) is 0 Å². The van der Waals surface area contributed by atoms with Crippen molar-refractivity contribution in [1.29, 1.82) is 0 Å². The highest BCUT2D eigenvalue weighted by atomic mass is 16.2.